The lowest BCUT2D eigenvalue weighted by molar-refractivity contribution is -0.0427. The predicted octanol–water partition coefficient (Wildman–Crippen LogP) is 4.94. The second-order valence-corrected chi connectivity index (χ2v) is 6.70. The second kappa shape index (κ2) is 5.11. The Bertz CT molecular complexity index is 351. The molecule has 0 aromatic heterocycles. The van der Waals surface area contributed by atoms with Gasteiger partial charge in [-0.3, -0.25) is 0 Å². The number of hydrogen-bond donors (Lipinski definition) is 0. The summed E-state index contributed by atoms with van der Waals surface area (Å²) in [5.41, 5.74) is 1.58. The summed E-state index contributed by atoms with van der Waals surface area (Å²) in [5, 5.41) is 0. The molecule has 18 heavy (non-hydrogen) atoms. The third kappa shape index (κ3) is 2.37. The van der Waals surface area contributed by atoms with Crippen LogP contribution in [-0.2, 0) is 4.74 Å². The summed E-state index contributed by atoms with van der Waals surface area (Å²) in [5.74, 6) is 2.84. The summed E-state index contributed by atoms with van der Waals surface area (Å²) in [6, 6.07) is 0. The average Bonchev–Trinajstić information content (AvgIpc) is 2.33. The molecule has 0 radical (unpaired) electrons. The first-order valence-corrected chi connectivity index (χ1v) is 7.46. The minimum Gasteiger partial charge on any atom is -0.495 e. The van der Waals surface area contributed by atoms with E-state index >= 15 is 0 Å². The molecule has 0 aromatic rings. The number of ether oxygens (including phenoxy) is 1. The van der Waals surface area contributed by atoms with Gasteiger partial charge < -0.3 is 4.74 Å². The molecule has 1 fully saturated rings. The van der Waals surface area contributed by atoms with E-state index in [1.165, 1.54) is 19.3 Å². The molecule has 1 aliphatic heterocycles. The van der Waals surface area contributed by atoms with E-state index in [0.29, 0.717) is 11.8 Å². The van der Waals surface area contributed by atoms with Gasteiger partial charge in [0.2, 0.25) is 0 Å². The molecule has 102 valence electrons. The molecule has 0 aromatic carbocycles. The zero-order chi connectivity index (χ0) is 13.3. The highest BCUT2D eigenvalue weighted by molar-refractivity contribution is 5.19. The Kier molecular flexibility index (Phi) is 3.89. The molecule has 1 heteroatoms. The van der Waals surface area contributed by atoms with Crippen molar-refractivity contribution in [2.45, 2.75) is 59.5 Å². The van der Waals surface area contributed by atoms with E-state index in [-0.39, 0.29) is 5.60 Å². The normalized spacial score (nSPS) is 39.1. The SMILES string of the molecule is C/C=C/C[C@@H]1C2=COC(C)(C)C(C)C2CC[C@H]1C. The van der Waals surface area contributed by atoms with Gasteiger partial charge in [0.25, 0.3) is 0 Å². The molecule has 1 saturated carbocycles. The van der Waals surface area contributed by atoms with Gasteiger partial charge in [-0.1, -0.05) is 26.0 Å². The molecular formula is C17H28O. The van der Waals surface area contributed by atoms with Gasteiger partial charge >= 0.3 is 0 Å². The monoisotopic (exact) mass is 248 g/mol. The molecule has 4 atom stereocenters. The lowest BCUT2D eigenvalue weighted by Gasteiger charge is -2.48. The fraction of sp³-hybridized carbons (Fsp3) is 0.765. The standard InChI is InChI=1S/C17H28O/c1-6-7-8-14-12(2)9-10-15-13(3)17(4,5)18-11-16(14)15/h6-7,11-15H,8-10H2,1-5H3/b7-6+/t12-,13?,14+,15?/m1/s1. The highest BCUT2D eigenvalue weighted by Crippen LogP contribution is 2.49. The third-order valence-electron chi connectivity index (χ3n) is 5.30. The zero-order valence-electron chi connectivity index (χ0n) is 12.6. The molecule has 0 saturated heterocycles. The van der Waals surface area contributed by atoms with E-state index < -0.39 is 0 Å². The molecule has 1 aliphatic carbocycles. The minimum absolute atomic E-state index is 0.000109. The highest BCUT2D eigenvalue weighted by atomic mass is 16.5. The maximum atomic E-state index is 6.02. The van der Waals surface area contributed by atoms with Gasteiger partial charge in [-0.15, -0.1) is 0 Å². The molecule has 1 heterocycles. The summed E-state index contributed by atoms with van der Waals surface area (Å²) in [6.07, 6.45) is 10.5. The fourth-order valence-electron chi connectivity index (χ4n) is 3.59. The van der Waals surface area contributed by atoms with E-state index in [2.05, 4.69) is 53.0 Å². The van der Waals surface area contributed by atoms with Crippen molar-refractivity contribution in [2.24, 2.45) is 23.7 Å². The van der Waals surface area contributed by atoms with Gasteiger partial charge in [0.15, 0.2) is 0 Å². The van der Waals surface area contributed by atoms with E-state index in [0.717, 1.165) is 11.8 Å². The van der Waals surface area contributed by atoms with Gasteiger partial charge in [0, 0.05) is 5.92 Å². The topological polar surface area (TPSA) is 9.23 Å². The van der Waals surface area contributed by atoms with E-state index in [1.807, 2.05) is 0 Å². The van der Waals surface area contributed by atoms with Crippen LogP contribution in [0.4, 0.5) is 0 Å². The molecule has 1 nitrogen and oxygen atoms in total. The maximum Gasteiger partial charge on any atom is 0.106 e. The molecular weight excluding hydrogens is 220 g/mol. The largest absolute Gasteiger partial charge is 0.495 e. The van der Waals surface area contributed by atoms with Crippen LogP contribution in [0, 0.1) is 23.7 Å². The van der Waals surface area contributed by atoms with Gasteiger partial charge in [0.1, 0.15) is 5.60 Å². The Balaban J connectivity index is 2.24. The summed E-state index contributed by atoms with van der Waals surface area (Å²) >= 11 is 0. The summed E-state index contributed by atoms with van der Waals surface area (Å²) in [7, 11) is 0. The van der Waals surface area contributed by atoms with Crippen molar-refractivity contribution in [1.29, 1.82) is 0 Å². The predicted molar refractivity (Wildman–Crippen MR) is 77.2 cm³/mol. The van der Waals surface area contributed by atoms with Crippen molar-refractivity contribution < 1.29 is 4.74 Å². The first kappa shape index (κ1) is 13.7. The van der Waals surface area contributed by atoms with Crippen LogP contribution in [0.15, 0.2) is 24.0 Å². The van der Waals surface area contributed by atoms with Gasteiger partial charge in [-0.25, -0.2) is 0 Å². The van der Waals surface area contributed by atoms with Crippen LogP contribution in [0.2, 0.25) is 0 Å². The van der Waals surface area contributed by atoms with E-state index in [9.17, 15) is 0 Å². The first-order chi connectivity index (χ1) is 8.47. The molecule has 0 spiro atoms. The van der Waals surface area contributed by atoms with Crippen molar-refractivity contribution in [3.63, 3.8) is 0 Å². The van der Waals surface area contributed by atoms with Crippen LogP contribution >= 0.6 is 0 Å². The van der Waals surface area contributed by atoms with Crippen LogP contribution in [0.5, 0.6) is 0 Å². The zero-order valence-corrected chi connectivity index (χ0v) is 12.6. The average molecular weight is 248 g/mol. The summed E-state index contributed by atoms with van der Waals surface area (Å²) in [4.78, 5) is 0. The number of fused-ring (bicyclic) bond motifs is 1. The van der Waals surface area contributed by atoms with Gasteiger partial charge in [0.05, 0.1) is 6.26 Å². The lowest BCUT2D eigenvalue weighted by Crippen LogP contribution is -2.44. The second-order valence-electron chi connectivity index (χ2n) is 6.70. The van der Waals surface area contributed by atoms with Crippen LogP contribution in [0.3, 0.4) is 0 Å². The third-order valence-corrected chi connectivity index (χ3v) is 5.30. The maximum absolute atomic E-state index is 6.02. The summed E-state index contributed by atoms with van der Waals surface area (Å²) in [6.45, 7) is 11.3. The quantitative estimate of drug-likeness (QED) is 0.629. The molecule has 0 amide bonds. The Labute approximate surface area is 112 Å². The van der Waals surface area contributed by atoms with Crippen molar-refractivity contribution >= 4 is 0 Å². The molecule has 0 N–H and O–H groups in total. The van der Waals surface area contributed by atoms with Crippen molar-refractivity contribution in [3.05, 3.63) is 24.0 Å². The van der Waals surface area contributed by atoms with Crippen LogP contribution in [-0.4, -0.2) is 5.60 Å². The Morgan fingerprint density at radius 3 is 2.72 bits per heavy atom. The number of rotatable bonds is 2. The molecule has 2 rings (SSSR count). The van der Waals surface area contributed by atoms with Crippen molar-refractivity contribution in [2.75, 3.05) is 0 Å². The number of allylic oxidation sites excluding steroid dienone is 3. The highest BCUT2D eigenvalue weighted by Gasteiger charge is 2.43. The van der Waals surface area contributed by atoms with Gasteiger partial charge in [-0.05, 0) is 63.4 Å². The van der Waals surface area contributed by atoms with E-state index in [1.54, 1.807) is 5.57 Å². The molecule has 2 unspecified atom stereocenters. The van der Waals surface area contributed by atoms with Crippen molar-refractivity contribution in [1.82, 2.24) is 0 Å². The molecule has 0 bridgehead atoms. The summed E-state index contributed by atoms with van der Waals surface area (Å²) < 4.78 is 6.02. The first-order valence-electron chi connectivity index (χ1n) is 7.46. The fourth-order valence-corrected chi connectivity index (χ4v) is 3.59. The van der Waals surface area contributed by atoms with Crippen LogP contribution in [0.1, 0.15) is 53.9 Å². The number of hydrogen-bond acceptors (Lipinski definition) is 1. The van der Waals surface area contributed by atoms with Crippen molar-refractivity contribution in [3.8, 4) is 0 Å². The Morgan fingerprint density at radius 1 is 1.33 bits per heavy atom. The van der Waals surface area contributed by atoms with Crippen LogP contribution in [0.25, 0.3) is 0 Å². The molecule has 2 aliphatic rings. The Hall–Kier alpha value is -0.720. The minimum atomic E-state index is -0.000109. The smallest absolute Gasteiger partial charge is 0.106 e. The Morgan fingerprint density at radius 2 is 2.06 bits per heavy atom. The van der Waals surface area contributed by atoms with Crippen LogP contribution < -0.4 is 0 Å². The van der Waals surface area contributed by atoms with Gasteiger partial charge in [-0.2, -0.15) is 0 Å². The lowest BCUT2D eigenvalue weighted by atomic mass is 9.63. The van der Waals surface area contributed by atoms with E-state index in [4.69, 9.17) is 4.74 Å².